The van der Waals surface area contributed by atoms with Crippen molar-refractivity contribution < 1.29 is 23.8 Å². The highest BCUT2D eigenvalue weighted by molar-refractivity contribution is 5.81. The molecule has 5 nitrogen and oxygen atoms in total. The first kappa shape index (κ1) is 29.8. The van der Waals surface area contributed by atoms with Crippen LogP contribution in [0.2, 0.25) is 0 Å². The third kappa shape index (κ3) is 21.0. The molecule has 0 aromatic carbocycles. The van der Waals surface area contributed by atoms with Crippen molar-refractivity contribution in [2.45, 2.75) is 110 Å². The Morgan fingerprint density at radius 1 is 0.875 bits per heavy atom. The Morgan fingerprint density at radius 3 is 2.31 bits per heavy atom. The van der Waals surface area contributed by atoms with Crippen LogP contribution in [0, 0.1) is 11.8 Å². The van der Waals surface area contributed by atoms with Gasteiger partial charge in [0.1, 0.15) is 6.10 Å². The number of allylic oxidation sites excluding steroid dienone is 1. The summed E-state index contributed by atoms with van der Waals surface area (Å²) in [6, 6.07) is 0. The van der Waals surface area contributed by atoms with Gasteiger partial charge < -0.3 is 14.2 Å². The van der Waals surface area contributed by atoms with Crippen molar-refractivity contribution in [3.63, 3.8) is 0 Å². The van der Waals surface area contributed by atoms with Crippen LogP contribution in [0.25, 0.3) is 0 Å². The predicted octanol–water partition coefficient (Wildman–Crippen LogP) is 7.30. The minimum atomic E-state index is -0.622. The topological polar surface area (TPSA) is 61.8 Å². The molecule has 32 heavy (non-hydrogen) atoms. The van der Waals surface area contributed by atoms with Crippen molar-refractivity contribution in [1.82, 2.24) is 0 Å². The van der Waals surface area contributed by atoms with Crippen molar-refractivity contribution >= 4 is 12.1 Å². The number of carbonyl (C=O) groups excluding carboxylic acids is 2. The van der Waals surface area contributed by atoms with Crippen LogP contribution in [0.4, 0.5) is 4.79 Å². The normalized spacial score (nSPS) is 11.4. The molecule has 0 bridgehead atoms. The lowest BCUT2D eigenvalue weighted by atomic mass is 10.1. The predicted molar refractivity (Wildman–Crippen MR) is 130 cm³/mol. The molecule has 0 rings (SSSR count). The molecule has 1 unspecified atom stereocenters. The molecule has 5 heteroatoms. The minimum absolute atomic E-state index is 0.0883. The summed E-state index contributed by atoms with van der Waals surface area (Å²) in [6.45, 7) is 8.09. The number of hydrogen-bond acceptors (Lipinski definition) is 5. The maximum absolute atomic E-state index is 11.9. The van der Waals surface area contributed by atoms with E-state index in [0.29, 0.717) is 6.61 Å². The quantitative estimate of drug-likeness (QED) is 0.0682. The lowest BCUT2D eigenvalue weighted by molar-refractivity contribution is -0.137. The number of carbonyl (C=O) groups is 2. The fourth-order valence-electron chi connectivity index (χ4n) is 3.13. The van der Waals surface area contributed by atoms with E-state index in [1.54, 1.807) is 0 Å². The summed E-state index contributed by atoms with van der Waals surface area (Å²) in [7, 11) is 0. The second-order valence-corrected chi connectivity index (χ2v) is 7.82. The zero-order chi connectivity index (χ0) is 23.7. The van der Waals surface area contributed by atoms with Crippen LogP contribution in [-0.2, 0) is 19.0 Å². The summed E-state index contributed by atoms with van der Waals surface area (Å²) in [5.74, 6) is 5.31. The molecule has 0 radical (unpaired) electrons. The number of ether oxygens (including phenoxy) is 3. The summed E-state index contributed by atoms with van der Waals surface area (Å²) in [5, 5.41) is 0. The Labute approximate surface area is 196 Å². The van der Waals surface area contributed by atoms with E-state index in [9.17, 15) is 9.59 Å². The fraction of sp³-hybridized carbons (Fsp3) is 0.704. The van der Waals surface area contributed by atoms with Crippen LogP contribution in [0.3, 0.4) is 0 Å². The van der Waals surface area contributed by atoms with Crippen LogP contribution >= 0.6 is 0 Å². The van der Waals surface area contributed by atoms with Crippen LogP contribution in [0.15, 0.2) is 24.8 Å². The maximum atomic E-state index is 11.9. The van der Waals surface area contributed by atoms with Gasteiger partial charge in [-0.25, -0.2) is 9.59 Å². The van der Waals surface area contributed by atoms with E-state index in [-0.39, 0.29) is 18.7 Å². The van der Waals surface area contributed by atoms with E-state index in [2.05, 4.69) is 37.5 Å². The zero-order valence-corrected chi connectivity index (χ0v) is 20.4. The van der Waals surface area contributed by atoms with Gasteiger partial charge in [0.25, 0.3) is 0 Å². The van der Waals surface area contributed by atoms with Gasteiger partial charge in [-0.15, -0.1) is 5.92 Å². The first-order chi connectivity index (χ1) is 15.6. The van der Waals surface area contributed by atoms with Gasteiger partial charge in [-0.3, -0.25) is 0 Å². The van der Waals surface area contributed by atoms with Crippen LogP contribution < -0.4 is 0 Å². The molecule has 0 saturated carbocycles. The zero-order valence-electron chi connectivity index (χ0n) is 20.4. The lowest BCUT2D eigenvalue weighted by Crippen LogP contribution is -2.19. The standard InChI is InChI=1S/C27H44O5/c1-4-7-9-17-21-25(32-27(29)31-24-19-8-5-2)22-18-15-13-11-10-12-14-16-20-23-30-26(28)6-3/h6,15,18,25H,3-5,7,9-14,16-17,20-24H2,1-2H3/b18-15-. The molecular formula is C27H44O5. The molecule has 1 atom stereocenters. The van der Waals surface area contributed by atoms with Crippen molar-refractivity contribution in [3.8, 4) is 11.8 Å². The summed E-state index contributed by atoms with van der Waals surface area (Å²) in [6.07, 6.45) is 19.4. The molecule has 0 aliphatic rings. The van der Waals surface area contributed by atoms with Gasteiger partial charge in [0.2, 0.25) is 0 Å². The summed E-state index contributed by atoms with van der Waals surface area (Å²) in [5.41, 5.74) is 0. The van der Waals surface area contributed by atoms with E-state index in [0.717, 1.165) is 64.2 Å². The number of unbranched alkanes of at least 4 members (excludes halogenated alkanes) is 9. The highest BCUT2D eigenvalue weighted by Crippen LogP contribution is 2.14. The van der Waals surface area contributed by atoms with E-state index in [1.165, 1.54) is 31.8 Å². The molecule has 0 aliphatic heterocycles. The largest absolute Gasteiger partial charge is 0.509 e. The van der Waals surface area contributed by atoms with Gasteiger partial charge in [-0.1, -0.05) is 83.4 Å². The smallest absolute Gasteiger partial charge is 0.463 e. The summed E-state index contributed by atoms with van der Waals surface area (Å²) >= 11 is 0. The van der Waals surface area contributed by atoms with Crippen LogP contribution in [0.1, 0.15) is 104 Å². The highest BCUT2D eigenvalue weighted by Gasteiger charge is 2.13. The fourth-order valence-corrected chi connectivity index (χ4v) is 3.13. The Balaban J connectivity index is 3.96. The van der Waals surface area contributed by atoms with Crippen molar-refractivity contribution in [1.29, 1.82) is 0 Å². The molecule has 0 aromatic heterocycles. The number of hydrogen-bond donors (Lipinski definition) is 0. The second-order valence-electron chi connectivity index (χ2n) is 7.82. The monoisotopic (exact) mass is 448 g/mol. The van der Waals surface area contributed by atoms with Gasteiger partial charge in [-0.05, 0) is 32.1 Å². The molecule has 0 aromatic rings. The lowest BCUT2D eigenvalue weighted by Gasteiger charge is -2.15. The number of esters is 1. The average Bonchev–Trinajstić information content (AvgIpc) is 2.79. The first-order valence-electron chi connectivity index (χ1n) is 12.4. The molecule has 0 N–H and O–H groups in total. The SMILES string of the molecule is C=CC(=O)OCCCCCCCC/C=C\CC(CCCCCC)OC(=O)OCC#CCC. The molecule has 0 heterocycles. The molecule has 0 amide bonds. The minimum Gasteiger partial charge on any atom is -0.463 e. The molecule has 0 aliphatic carbocycles. The van der Waals surface area contributed by atoms with Crippen LogP contribution in [-0.4, -0.2) is 31.4 Å². The first-order valence-corrected chi connectivity index (χ1v) is 12.4. The average molecular weight is 449 g/mol. The van der Waals surface area contributed by atoms with Gasteiger partial charge in [0, 0.05) is 18.9 Å². The van der Waals surface area contributed by atoms with Crippen molar-refractivity contribution in [2.75, 3.05) is 13.2 Å². The summed E-state index contributed by atoms with van der Waals surface area (Å²) < 4.78 is 15.5. The van der Waals surface area contributed by atoms with Gasteiger partial charge >= 0.3 is 12.1 Å². The van der Waals surface area contributed by atoms with Gasteiger partial charge in [0.05, 0.1) is 6.61 Å². The molecule has 0 fully saturated rings. The Morgan fingerprint density at radius 2 is 1.59 bits per heavy atom. The Kier molecular flexibility index (Phi) is 21.8. The van der Waals surface area contributed by atoms with Crippen LogP contribution in [0.5, 0.6) is 0 Å². The van der Waals surface area contributed by atoms with Gasteiger partial charge in [-0.2, -0.15) is 0 Å². The Bertz CT molecular complexity index is 570. The maximum Gasteiger partial charge on any atom is 0.509 e. The van der Waals surface area contributed by atoms with E-state index < -0.39 is 6.16 Å². The third-order valence-electron chi connectivity index (χ3n) is 4.95. The molecule has 0 spiro atoms. The number of rotatable bonds is 19. The molecule has 0 saturated heterocycles. The van der Waals surface area contributed by atoms with Crippen molar-refractivity contribution in [2.24, 2.45) is 0 Å². The van der Waals surface area contributed by atoms with Gasteiger partial charge in [0.15, 0.2) is 6.61 Å². The molecule has 182 valence electrons. The highest BCUT2D eigenvalue weighted by atomic mass is 16.7. The summed E-state index contributed by atoms with van der Waals surface area (Å²) in [4.78, 5) is 22.8. The van der Waals surface area contributed by atoms with E-state index in [4.69, 9.17) is 14.2 Å². The second kappa shape index (κ2) is 23.4. The molecular weight excluding hydrogens is 404 g/mol. The van der Waals surface area contributed by atoms with Crippen molar-refractivity contribution in [3.05, 3.63) is 24.8 Å². The van der Waals surface area contributed by atoms with E-state index >= 15 is 0 Å². The Hall–Kier alpha value is -2.22. The van der Waals surface area contributed by atoms with E-state index in [1.807, 2.05) is 6.92 Å². The third-order valence-corrected chi connectivity index (χ3v) is 4.95.